The summed E-state index contributed by atoms with van der Waals surface area (Å²) in [4.78, 5) is 36.3. The summed E-state index contributed by atoms with van der Waals surface area (Å²) in [5.41, 5.74) is 0.130. The van der Waals surface area contributed by atoms with E-state index in [-0.39, 0.29) is 41.9 Å². The zero-order valence-electron chi connectivity index (χ0n) is 15.2. The summed E-state index contributed by atoms with van der Waals surface area (Å²) in [7, 11) is 0. The van der Waals surface area contributed by atoms with Crippen LogP contribution in [-0.2, 0) is 9.53 Å². The van der Waals surface area contributed by atoms with Crippen molar-refractivity contribution in [1.29, 1.82) is 0 Å². The fraction of sp³-hybridized carbons (Fsp3) is 0.222. The van der Waals surface area contributed by atoms with Crippen molar-refractivity contribution >= 4 is 35.5 Å². The number of furan rings is 1. The van der Waals surface area contributed by atoms with Gasteiger partial charge >= 0.3 is 6.09 Å². The quantitative estimate of drug-likeness (QED) is 0.383. The Morgan fingerprint density at radius 1 is 1.38 bits per heavy atom. The van der Waals surface area contributed by atoms with Crippen LogP contribution >= 0.6 is 0 Å². The first-order chi connectivity index (χ1) is 13.9. The van der Waals surface area contributed by atoms with Crippen molar-refractivity contribution in [1.82, 2.24) is 5.32 Å². The number of hydrogen-bond acceptors (Lipinski definition) is 7. The van der Waals surface area contributed by atoms with E-state index >= 15 is 0 Å². The lowest BCUT2D eigenvalue weighted by Crippen LogP contribution is -2.33. The van der Waals surface area contributed by atoms with Crippen LogP contribution in [0.25, 0.3) is 0 Å². The monoisotopic (exact) mass is 404 g/mol. The van der Waals surface area contributed by atoms with Crippen LogP contribution in [0.15, 0.2) is 39.9 Å². The van der Waals surface area contributed by atoms with E-state index in [0.29, 0.717) is 0 Å². The fourth-order valence-corrected chi connectivity index (χ4v) is 2.65. The van der Waals surface area contributed by atoms with Gasteiger partial charge in [-0.25, -0.2) is 9.18 Å². The average molecular weight is 404 g/mol. The van der Waals surface area contributed by atoms with E-state index in [0.717, 1.165) is 12.3 Å². The molecule has 0 aliphatic carbocycles. The van der Waals surface area contributed by atoms with Crippen LogP contribution in [0.2, 0.25) is 0 Å². The molecule has 1 saturated heterocycles. The van der Waals surface area contributed by atoms with E-state index in [2.05, 4.69) is 15.8 Å². The number of amides is 3. The van der Waals surface area contributed by atoms with Crippen LogP contribution in [0.1, 0.15) is 23.2 Å². The number of nitrogens with one attached hydrogen (secondary N) is 2. The summed E-state index contributed by atoms with van der Waals surface area (Å²) in [6, 6.07) is 6.59. The van der Waals surface area contributed by atoms with Gasteiger partial charge in [-0.15, -0.1) is 0 Å². The summed E-state index contributed by atoms with van der Waals surface area (Å²) in [5, 5.41) is 16.1. The third-order valence-electron chi connectivity index (χ3n) is 4.00. The third kappa shape index (κ3) is 4.69. The second kappa shape index (κ2) is 8.42. The van der Waals surface area contributed by atoms with Crippen molar-refractivity contribution in [3.05, 3.63) is 47.7 Å². The Morgan fingerprint density at radius 2 is 2.17 bits per heavy atom. The van der Waals surface area contributed by atoms with E-state index in [9.17, 15) is 18.8 Å². The maximum atomic E-state index is 14.4. The maximum absolute atomic E-state index is 14.4. The summed E-state index contributed by atoms with van der Waals surface area (Å²) < 4.78 is 24.7. The van der Waals surface area contributed by atoms with Crippen LogP contribution < -0.4 is 15.5 Å². The molecule has 0 unspecified atom stereocenters. The lowest BCUT2D eigenvalue weighted by molar-refractivity contribution is -0.119. The van der Waals surface area contributed by atoms with Gasteiger partial charge in [0.05, 0.1) is 24.5 Å². The van der Waals surface area contributed by atoms with Crippen molar-refractivity contribution < 1.29 is 33.1 Å². The predicted octanol–water partition coefficient (Wildman–Crippen LogP) is 1.94. The molecule has 1 aromatic carbocycles. The first-order valence-corrected chi connectivity index (χ1v) is 8.48. The van der Waals surface area contributed by atoms with E-state index in [4.69, 9.17) is 14.4 Å². The van der Waals surface area contributed by atoms with Gasteiger partial charge in [0.15, 0.2) is 5.76 Å². The molecule has 2 heterocycles. The molecule has 2 aromatic rings. The molecule has 0 bridgehead atoms. The normalized spacial score (nSPS) is 16.1. The Balaban J connectivity index is 1.67. The predicted molar refractivity (Wildman–Crippen MR) is 98.7 cm³/mol. The van der Waals surface area contributed by atoms with Gasteiger partial charge in [0.2, 0.25) is 5.91 Å². The van der Waals surface area contributed by atoms with E-state index < -0.39 is 23.9 Å². The minimum absolute atomic E-state index is 0.104. The third-order valence-corrected chi connectivity index (χ3v) is 4.00. The highest BCUT2D eigenvalue weighted by atomic mass is 19.1. The molecule has 29 heavy (non-hydrogen) atoms. The summed E-state index contributed by atoms with van der Waals surface area (Å²) in [6.45, 7) is 1.65. The lowest BCUT2D eigenvalue weighted by Gasteiger charge is -2.14. The van der Waals surface area contributed by atoms with E-state index in [1.54, 1.807) is 0 Å². The van der Waals surface area contributed by atoms with Crippen molar-refractivity contribution in [2.45, 2.75) is 13.0 Å². The molecular weight excluding hydrogens is 387 g/mol. The number of hydrogen-bond donors (Lipinski definition) is 3. The Morgan fingerprint density at radius 3 is 2.86 bits per heavy atom. The summed E-state index contributed by atoms with van der Waals surface area (Å²) in [5.74, 6) is -1.68. The number of nitrogens with zero attached hydrogens (tertiary/aromatic N) is 2. The number of carbonyl (C=O) groups is 3. The number of rotatable bonds is 6. The number of cyclic esters (lactones) is 1. The van der Waals surface area contributed by atoms with Crippen LogP contribution in [0.3, 0.4) is 0 Å². The molecule has 1 aliphatic rings. The van der Waals surface area contributed by atoms with Crippen molar-refractivity contribution in [2.24, 2.45) is 5.16 Å². The summed E-state index contributed by atoms with van der Waals surface area (Å²) >= 11 is 0. The zero-order chi connectivity index (χ0) is 21.0. The van der Waals surface area contributed by atoms with Gasteiger partial charge in [-0.2, -0.15) is 0 Å². The molecule has 0 spiro atoms. The largest absolute Gasteiger partial charge is 0.450 e. The second-order valence-corrected chi connectivity index (χ2v) is 6.12. The number of anilines is 2. The van der Waals surface area contributed by atoms with Crippen LogP contribution in [-0.4, -0.2) is 48.5 Å². The molecule has 1 aromatic heterocycles. The van der Waals surface area contributed by atoms with Crippen LogP contribution in [0.5, 0.6) is 0 Å². The molecule has 152 valence electrons. The molecular formula is C18H17FN4O6. The Kier molecular flexibility index (Phi) is 5.77. The van der Waals surface area contributed by atoms with E-state index in [1.165, 1.54) is 36.1 Å². The molecule has 10 nitrogen and oxygen atoms in total. The van der Waals surface area contributed by atoms with Gasteiger partial charge in [-0.1, -0.05) is 5.16 Å². The SMILES string of the molecule is CC(=O)NC[C@H]1CN(c2ccc(NC(=O)c3ccc(/C=N/O)o3)c(F)c2)C(=O)O1. The lowest BCUT2D eigenvalue weighted by atomic mass is 10.2. The minimum atomic E-state index is -0.766. The number of benzene rings is 1. The highest BCUT2D eigenvalue weighted by Gasteiger charge is 2.32. The standard InChI is InChI=1S/C18H17FN4O6/c1-10(24)20-7-13-9-23(18(26)29-13)11-2-4-15(14(19)6-11)22-17(25)16-5-3-12(28-16)8-21-27/h2-6,8,13,27H,7,9H2,1H3,(H,20,24)(H,22,25)/b21-8+/t13-/m0/s1. The Labute approximate surface area is 163 Å². The maximum Gasteiger partial charge on any atom is 0.414 e. The summed E-state index contributed by atoms with van der Waals surface area (Å²) in [6.07, 6.45) is -0.213. The molecule has 0 saturated carbocycles. The highest BCUT2D eigenvalue weighted by Crippen LogP contribution is 2.26. The molecule has 3 N–H and O–H groups in total. The average Bonchev–Trinajstić information content (AvgIpc) is 3.28. The smallest absolute Gasteiger partial charge is 0.414 e. The van der Waals surface area contributed by atoms with Crippen molar-refractivity contribution in [3.63, 3.8) is 0 Å². The molecule has 11 heteroatoms. The van der Waals surface area contributed by atoms with Gasteiger partial charge in [0.25, 0.3) is 5.91 Å². The fourth-order valence-electron chi connectivity index (χ4n) is 2.65. The first kappa shape index (κ1) is 19.9. The molecule has 3 rings (SSSR count). The molecule has 1 fully saturated rings. The number of halogens is 1. The number of carbonyl (C=O) groups excluding carboxylic acids is 3. The number of ether oxygens (including phenoxy) is 1. The van der Waals surface area contributed by atoms with Gasteiger partial charge in [-0.05, 0) is 30.3 Å². The van der Waals surface area contributed by atoms with Crippen LogP contribution in [0, 0.1) is 5.82 Å². The Hall–Kier alpha value is -3.89. The topological polar surface area (TPSA) is 133 Å². The molecule has 1 aliphatic heterocycles. The van der Waals surface area contributed by atoms with E-state index in [1.807, 2.05) is 0 Å². The van der Waals surface area contributed by atoms with Crippen molar-refractivity contribution in [2.75, 3.05) is 23.3 Å². The van der Waals surface area contributed by atoms with Gasteiger partial charge < -0.3 is 25.0 Å². The molecule has 0 radical (unpaired) electrons. The first-order valence-electron chi connectivity index (χ1n) is 8.48. The number of oxime groups is 1. The minimum Gasteiger partial charge on any atom is -0.450 e. The van der Waals surface area contributed by atoms with Crippen LogP contribution in [0.4, 0.5) is 20.6 Å². The van der Waals surface area contributed by atoms with Gasteiger partial charge in [0, 0.05) is 6.92 Å². The van der Waals surface area contributed by atoms with Crippen molar-refractivity contribution in [3.8, 4) is 0 Å². The highest BCUT2D eigenvalue weighted by molar-refractivity contribution is 6.03. The second-order valence-electron chi connectivity index (χ2n) is 6.12. The molecule has 3 amide bonds. The zero-order valence-corrected chi connectivity index (χ0v) is 15.2. The van der Waals surface area contributed by atoms with Gasteiger partial charge in [0.1, 0.15) is 23.9 Å². The molecule has 1 atom stereocenters. The Bertz CT molecular complexity index is 973. The van der Waals surface area contributed by atoms with Gasteiger partial charge in [-0.3, -0.25) is 14.5 Å².